The zero-order valence-corrected chi connectivity index (χ0v) is 28.2. The molecule has 17 heteroatoms. The van der Waals surface area contributed by atoms with Crippen LogP contribution in [0.3, 0.4) is 0 Å². The minimum Gasteiger partial charge on any atom is -0.348 e. The van der Waals surface area contributed by atoms with Crippen LogP contribution in [0, 0.1) is 0 Å². The Morgan fingerprint density at radius 3 is 1.80 bits per heavy atom. The fraction of sp³-hybridized carbons (Fsp3) is 0.182. The zero-order valence-electron chi connectivity index (χ0n) is 26.6. The van der Waals surface area contributed by atoms with Gasteiger partial charge in [0.25, 0.3) is 20.0 Å². The predicted octanol–water partition coefficient (Wildman–Crippen LogP) is 4.00. The molecule has 0 amide bonds. The highest BCUT2D eigenvalue weighted by Crippen LogP contribution is 2.32. The number of rotatable bonds is 12. The van der Waals surface area contributed by atoms with E-state index < -0.39 is 38.2 Å². The van der Waals surface area contributed by atoms with Crippen molar-refractivity contribution in [1.29, 1.82) is 0 Å². The van der Waals surface area contributed by atoms with Gasteiger partial charge in [-0.3, -0.25) is 10.2 Å². The number of H-pyrrole nitrogens is 3. The van der Waals surface area contributed by atoms with Gasteiger partial charge in [0, 0.05) is 43.2 Å². The number of hydrogen-bond donors (Lipinski definition) is 5. The molecule has 0 aliphatic heterocycles. The first kappa shape index (κ1) is 34.5. The molecule has 7 aromatic rings. The van der Waals surface area contributed by atoms with Gasteiger partial charge in [-0.25, -0.2) is 45.6 Å². The second kappa shape index (κ2) is 15.0. The highest BCUT2D eigenvalue weighted by molar-refractivity contribution is 7.90. The van der Waals surface area contributed by atoms with Crippen LogP contribution in [0.2, 0.25) is 0 Å². The second-order valence-corrected chi connectivity index (χ2v) is 14.6. The van der Waals surface area contributed by atoms with Crippen molar-refractivity contribution in [3.05, 3.63) is 127 Å². The number of halogens is 1. The summed E-state index contributed by atoms with van der Waals surface area (Å²) in [6, 6.07) is 24.1. The zero-order chi connectivity index (χ0) is 35.1. The molecule has 5 heterocycles. The average Bonchev–Trinajstić information content (AvgIpc) is 3.90. The summed E-state index contributed by atoms with van der Waals surface area (Å²) < 4.78 is 71.0. The van der Waals surface area contributed by atoms with Gasteiger partial charge < -0.3 is 4.98 Å². The van der Waals surface area contributed by atoms with Gasteiger partial charge in [-0.2, -0.15) is 10.2 Å². The summed E-state index contributed by atoms with van der Waals surface area (Å²) in [7, 11) is -7.67. The molecule has 50 heavy (non-hydrogen) atoms. The maximum Gasteiger partial charge on any atom is 0.258 e. The highest BCUT2D eigenvalue weighted by atomic mass is 32.2. The quantitative estimate of drug-likeness (QED) is 0.124. The summed E-state index contributed by atoms with van der Waals surface area (Å²) in [6.45, 7) is 1.79. The van der Waals surface area contributed by atoms with E-state index in [1.54, 1.807) is 43.0 Å². The summed E-state index contributed by atoms with van der Waals surface area (Å²) in [4.78, 5) is 14.8. The first-order valence-corrected chi connectivity index (χ1v) is 18.4. The summed E-state index contributed by atoms with van der Waals surface area (Å²) in [6.07, 6.45) is 5.32. The molecule has 14 nitrogen and oxygen atoms in total. The molecule has 0 saturated carbocycles. The molecule has 0 fully saturated rings. The van der Waals surface area contributed by atoms with E-state index in [-0.39, 0.29) is 22.2 Å². The number of fused-ring (bicyclic) bond motifs is 2. The fourth-order valence-electron chi connectivity index (χ4n) is 5.42. The van der Waals surface area contributed by atoms with Gasteiger partial charge in [-0.05, 0) is 42.3 Å². The molecular weight excluding hydrogens is 684 g/mol. The normalized spacial score (nSPS) is 13.3. The Morgan fingerprint density at radius 2 is 1.28 bits per heavy atom. The van der Waals surface area contributed by atoms with E-state index in [0.29, 0.717) is 22.8 Å². The van der Waals surface area contributed by atoms with Crippen molar-refractivity contribution in [2.24, 2.45) is 0 Å². The number of nitrogens with zero attached hydrogens (tertiary/aromatic N) is 5. The maximum atomic E-state index is 15.8. The van der Waals surface area contributed by atoms with Crippen LogP contribution in [-0.2, 0) is 26.5 Å². The number of benzene rings is 2. The van der Waals surface area contributed by atoms with Crippen molar-refractivity contribution in [2.75, 3.05) is 6.54 Å². The first-order chi connectivity index (χ1) is 24.1. The van der Waals surface area contributed by atoms with Crippen molar-refractivity contribution in [3.8, 4) is 0 Å². The van der Waals surface area contributed by atoms with Crippen LogP contribution in [0.25, 0.3) is 22.1 Å². The van der Waals surface area contributed by atoms with Gasteiger partial charge in [0.05, 0.1) is 23.1 Å². The largest absolute Gasteiger partial charge is 0.348 e. The molecule has 5 aromatic heterocycles. The van der Waals surface area contributed by atoms with Crippen LogP contribution in [0.1, 0.15) is 29.7 Å². The van der Waals surface area contributed by atoms with E-state index >= 15 is 4.39 Å². The van der Waals surface area contributed by atoms with E-state index in [2.05, 4.69) is 49.8 Å². The Balaban J connectivity index is 0.000000187. The monoisotopic (exact) mass is 716 g/mol. The SMILES string of the molecule is C[C@H](NS(=O)(=O)c1[nH]nc2ncccc12)C(F)C(c1ccccc1)c1ccccc1.O=S(=O)(NCCc1cnc[nH]1)c1[nH]nc2ncccc12. The van der Waals surface area contributed by atoms with Crippen molar-refractivity contribution < 1.29 is 21.2 Å². The van der Waals surface area contributed by atoms with Crippen molar-refractivity contribution in [2.45, 2.75) is 41.5 Å². The van der Waals surface area contributed by atoms with Crippen LogP contribution < -0.4 is 9.44 Å². The molecule has 258 valence electrons. The third-order valence-electron chi connectivity index (χ3n) is 7.82. The number of pyridine rings is 2. The maximum absolute atomic E-state index is 15.8. The molecule has 2 atom stereocenters. The topological polar surface area (TPSA) is 204 Å². The summed E-state index contributed by atoms with van der Waals surface area (Å²) in [5.41, 5.74) is 3.08. The summed E-state index contributed by atoms with van der Waals surface area (Å²) >= 11 is 0. The standard InChI is InChI=1S/C22H21FN4O2S.C11H12N6O2S/c1-15(27-30(28,29)22-18-13-8-14-24-21(18)25-26-22)20(23)19(16-9-4-2-5-10-16)17-11-6-3-7-12-17;18-20(19,15-5-3-8-6-12-7-14-8)11-9-2-1-4-13-10(9)16-17-11/h2-15,19-20,27H,1H3,(H,24,25,26);1-2,4,6-7,15H,3,5H2,(H,12,14)(H,13,16,17)/t15-,20?;/m0./s1. The van der Waals surface area contributed by atoms with Crippen LogP contribution in [-0.4, -0.2) is 75.9 Å². The van der Waals surface area contributed by atoms with Gasteiger partial charge >= 0.3 is 0 Å². The van der Waals surface area contributed by atoms with E-state index in [9.17, 15) is 16.8 Å². The molecule has 5 N–H and O–H groups in total. The van der Waals surface area contributed by atoms with Gasteiger partial charge in [-0.15, -0.1) is 0 Å². The number of sulfonamides is 2. The van der Waals surface area contributed by atoms with Crippen LogP contribution in [0.4, 0.5) is 4.39 Å². The van der Waals surface area contributed by atoms with Crippen LogP contribution in [0.15, 0.2) is 120 Å². The van der Waals surface area contributed by atoms with Gasteiger partial charge in [0.2, 0.25) is 0 Å². The lowest BCUT2D eigenvalue weighted by atomic mass is 9.85. The average molecular weight is 717 g/mol. The highest BCUT2D eigenvalue weighted by Gasteiger charge is 2.33. The molecule has 0 aliphatic rings. The second-order valence-electron chi connectivity index (χ2n) is 11.2. The molecule has 0 aliphatic carbocycles. The van der Waals surface area contributed by atoms with E-state index in [1.807, 2.05) is 60.7 Å². The van der Waals surface area contributed by atoms with Crippen molar-refractivity contribution in [3.63, 3.8) is 0 Å². The number of nitrogens with one attached hydrogen (secondary N) is 5. The minimum absolute atomic E-state index is 0.0326. The smallest absolute Gasteiger partial charge is 0.258 e. The molecule has 0 saturated heterocycles. The Kier molecular flexibility index (Phi) is 10.4. The Labute approximate surface area is 287 Å². The summed E-state index contributed by atoms with van der Waals surface area (Å²) in [5.74, 6) is -0.620. The third-order valence-corrected chi connectivity index (χ3v) is 10.8. The lowest BCUT2D eigenvalue weighted by Gasteiger charge is -2.27. The lowest BCUT2D eigenvalue weighted by molar-refractivity contribution is 0.253. The predicted molar refractivity (Wildman–Crippen MR) is 185 cm³/mol. The van der Waals surface area contributed by atoms with Crippen LogP contribution in [0.5, 0.6) is 0 Å². The molecule has 2 aromatic carbocycles. The third kappa shape index (κ3) is 7.76. The molecule has 7 rings (SSSR count). The van der Waals surface area contributed by atoms with E-state index in [0.717, 1.165) is 16.8 Å². The van der Waals surface area contributed by atoms with Crippen LogP contribution >= 0.6 is 0 Å². The first-order valence-electron chi connectivity index (χ1n) is 15.5. The Morgan fingerprint density at radius 1 is 0.740 bits per heavy atom. The lowest BCUT2D eigenvalue weighted by Crippen LogP contribution is -2.42. The summed E-state index contributed by atoms with van der Waals surface area (Å²) in [5, 5.41) is 13.5. The number of aromatic nitrogens is 8. The minimum atomic E-state index is -4.03. The molecule has 1 unspecified atom stereocenters. The molecule has 0 radical (unpaired) electrons. The Bertz CT molecular complexity index is 2330. The number of alkyl halides is 1. The van der Waals surface area contributed by atoms with Gasteiger partial charge in [0.15, 0.2) is 21.3 Å². The van der Waals surface area contributed by atoms with Gasteiger partial charge in [0.1, 0.15) is 6.17 Å². The number of hydrogen-bond acceptors (Lipinski definition) is 9. The van der Waals surface area contributed by atoms with E-state index in [1.165, 1.54) is 13.1 Å². The number of aromatic amines is 3. The molecule has 0 bridgehead atoms. The molecule has 0 spiro atoms. The number of imidazole rings is 1. The van der Waals surface area contributed by atoms with Crippen molar-refractivity contribution in [1.82, 2.24) is 49.8 Å². The Hall–Kier alpha value is -5.36. The molecular formula is C33H33FN10O4S2. The van der Waals surface area contributed by atoms with E-state index in [4.69, 9.17) is 0 Å². The fourth-order valence-corrected chi connectivity index (χ4v) is 7.90. The van der Waals surface area contributed by atoms with Gasteiger partial charge in [-0.1, -0.05) is 60.7 Å². The van der Waals surface area contributed by atoms with Crippen molar-refractivity contribution >= 4 is 42.1 Å².